The maximum Gasteiger partial charge on any atom is 0.171 e. The van der Waals surface area contributed by atoms with E-state index in [-0.39, 0.29) is 17.0 Å². The lowest BCUT2D eigenvalue weighted by atomic mass is 10.0. The minimum atomic E-state index is 0. The minimum absolute atomic E-state index is 0. The molecule has 1 heterocycles. The van der Waals surface area contributed by atoms with Crippen LogP contribution in [0, 0.1) is 0 Å². The molecule has 1 nitrogen and oxygen atoms in total. The molecule has 0 spiro atoms. The Labute approximate surface area is 168 Å². The third kappa shape index (κ3) is 14.5. The molecule has 1 aromatic heterocycles. The fraction of sp³-hybridized carbons (Fsp3) is 0.783. The Bertz CT molecular complexity index is 391. The predicted molar refractivity (Wildman–Crippen MR) is 106 cm³/mol. The summed E-state index contributed by atoms with van der Waals surface area (Å²) < 4.78 is 2.36. The van der Waals surface area contributed by atoms with E-state index in [0.29, 0.717) is 0 Å². The van der Waals surface area contributed by atoms with E-state index in [1.54, 1.807) is 0 Å². The summed E-state index contributed by atoms with van der Waals surface area (Å²) in [6.45, 7) is 5.71. The number of hydrogen-bond acceptors (Lipinski definition) is 0. The molecule has 1 aromatic rings. The van der Waals surface area contributed by atoms with Gasteiger partial charge in [0, 0.05) is 18.1 Å². The van der Waals surface area contributed by atoms with Gasteiger partial charge in [-0.2, -0.15) is 0 Å². The zero-order valence-corrected chi connectivity index (χ0v) is 18.5. The van der Waals surface area contributed by atoms with Crippen LogP contribution in [-0.2, 0) is 13.0 Å². The average Bonchev–Trinajstić information content (AvgIpc) is 2.62. The summed E-state index contributed by atoms with van der Waals surface area (Å²) in [4.78, 5) is 0. The zero-order chi connectivity index (χ0) is 17.3. The number of hydrogen-bond donors (Lipinski definition) is 0. The minimum Gasteiger partial charge on any atom is -1.00 e. The molecule has 0 saturated carbocycles. The maximum atomic E-state index is 2.36. The zero-order valence-electron chi connectivity index (χ0n) is 16.9. The van der Waals surface area contributed by atoms with Gasteiger partial charge in [-0.05, 0) is 18.9 Å². The van der Waals surface area contributed by atoms with Gasteiger partial charge in [-0.25, -0.2) is 4.57 Å². The van der Waals surface area contributed by atoms with Gasteiger partial charge >= 0.3 is 0 Å². The molecule has 0 fully saturated rings. The first-order valence-electron chi connectivity index (χ1n) is 10.8. The van der Waals surface area contributed by atoms with E-state index in [4.69, 9.17) is 0 Å². The van der Waals surface area contributed by atoms with Crippen molar-refractivity contribution in [1.82, 2.24) is 0 Å². The van der Waals surface area contributed by atoms with Gasteiger partial charge in [0.1, 0.15) is 6.54 Å². The fourth-order valence-corrected chi connectivity index (χ4v) is 3.41. The molecule has 0 amide bonds. The highest BCUT2D eigenvalue weighted by Gasteiger charge is 2.01. The largest absolute Gasteiger partial charge is 1.00 e. The van der Waals surface area contributed by atoms with E-state index >= 15 is 0 Å². The molecular formula is C23H42BrN. The third-order valence-corrected chi connectivity index (χ3v) is 5.10. The molecule has 0 aliphatic rings. The van der Waals surface area contributed by atoms with Crippen molar-refractivity contribution in [2.24, 2.45) is 0 Å². The van der Waals surface area contributed by atoms with Crippen molar-refractivity contribution in [3.05, 3.63) is 30.1 Å². The Morgan fingerprint density at radius 3 is 1.64 bits per heavy atom. The van der Waals surface area contributed by atoms with Crippen LogP contribution >= 0.6 is 0 Å². The Morgan fingerprint density at radius 2 is 1.16 bits per heavy atom. The monoisotopic (exact) mass is 411 g/mol. The summed E-state index contributed by atoms with van der Waals surface area (Å²) in [6, 6.07) is 4.41. The van der Waals surface area contributed by atoms with Crippen LogP contribution in [0.15, 0.2) is 24.5 Å². The second kappa shape index (κ2) is 18.4. The van der Waals surface area contributed by atoms with Gasteiger partial charge in [-0.1, -0.05) is 90.9 Å². The highest BCUT2D eigenvalue weighted by Crippen LogP contribution is 2.12. The Hall–Kier alpha value is -0.370. The molecule has 0 aromatic carbocycles. The van der Waals surface area contributed by atoms with Crippen molar-refractivity contribution in [3.63, 3.8) is 0 Å². The van der Waals surface area contributed by atoms with Crippen LogP contribution in [0.5, 0.6) is 0 Å². The maximum absolute atomic E-state index is 2.36. The highest BCUT2D eigenvalue weighted by molar-refractivity contribution is 5.04. The topological polar surface area (TPSA) is 3.88 Å². The van der Waals surface area contributed by atoms with Gasteiger partial charge in [-0.15, -0.1) is 0 Å². The molecule has 0 bridgehead atoms. The Balaban J connectivity index is 0.00000576. The van der Waals surface area contributed by atoms with Crippen molar-refractivity contribution in [2.45, 2.75) is 117 Å². The molecule has 0 aliphatic heterocycles. The Kier molecular flexibility index (Phi) is 18.1. The van der Waals surface area contributed by atoms with Crippen molar-refractivity contribution in [1.29, 1.82) is 0 Å². The van der Waals surface area contributed by atoms with E-state index in [1.165, 1.54) is 102 Å². The van der Waals surface area contributed by atoms with Gasteiger partial charge in [0.15, 0.2) is 12.4 Å². The lowest BCUT2D eigenvalue weighted by Gasteiger charge is -2.03. The number of nitrogens with zero attached hydrogens (tertiary/aromatic N) is 1. The first kappa shape index (κ1) is 24.6. The first-order valence-corrected chi connectivity index (χ1v) is 10.8. The molecule has 25 heavy (non-hydrogen) atoms. The van der Waals surface area contributed by atoms with Crippen LogP contribution in [0.4, 0.5) is 0 Å². The predicted octanol–water partition coefficient (Wildman–Crippen LogP) is 4.02. The summed E-state index contributed by atoms with van der Waals surface area (Å²) in [5, 5.41) is 0. The quantitative estimate of drug-likeness (QED) is 0.285. The number of halogens is 1. The molecule has 0 atom stereocenters. The van der Waals surface area contributed by atoms with Gasteiger partial charge in [0.2, 0.25) is 0 Å². The van der Waals surface area contributed by atoms with Crippen LogP contribution in [0.3, 0.4) is 0 Å². The number of rotatable bonds is 16. The molecule has 0 unspecified atom stereocenters. The number of aromatic nitrogens is 1. The van der Waals surface area contributed by atoms with Crippen LogP contribution in [0.25, 0.3) is 0 Å². The molecule has 0 radical (unpaired) electrons. The Morgan fingerprint density at radius 1 is 0.680 bits per heavy atom. The standard InChI is InChI=1S/C23H42N.BrH/c1-3-5-6-7-8-9-10-11-12-13-14-15-16-17-20-24-21-18-19-23(4-2)22-24;/h18-19,21-22H,3-17,20H2,1-2H3;1H/q+1;/p-1. The number of unbranched alkanes of at least 4 members (excludes halogenated alkanes) is 13. The summed E-state index contributed by atoms with van der Waals surface area (Å²) in [5.74, 6) is 0. The van der Waals surface area contributed by atoms with Crippen molar-refractivity contribution in [2.75, 3.05) is 0 Å². The van der Waals surface area contributed by atoms with Crippen LogP contribution < -0.4 is 21.5 Å². The van der Waals surface area contributed by atoms with Crippen molar-refractivity contribution < 1.29 is 21.5 Å². The summed E-state index contributed by atoms with van der Waals surface area (Å²) >= 11 is 0. The SMILES string of the molecule is CCCCCCCCCCCCCCCC[n+]1cccc(CC)c1.[Br-]. The van der Waals surface area contributed by atoms with E-state index < -0.39 is 0 Å². The van der Waals surface area contributed by atoms with E-state index in [2.05, 4.69) is 42.9 Å². The summed E-state index contributed by atoms with van der Waals surface area (Å²) in [5.41, 5.74) is 1.45. The summed E-state index contributed by atoms with van der Waals surface area (Å²) in [6.07, 6.45) is 25.7. The fourth-order valence-electron chi connectivity index (χ4n) is 3.41. The van der Waals surface area contributed by atoms with Crippen LogP contribution in [0.2, 0.25) is 0 Å². The van der Waals surface area contributed by atoms with Crippen LogP contribution in [0.1, 0.15) is 109 Å². The first-order chi connectivity index (χ1) is 11.9. The smallest absolute Gasteiger partial charge is 0.171 e. The lowest BCUT2D eigenvalue weighted by molar-refractivity contribution is -0.697. The molecular weight excluding hydrogens is 370 g/mol. The normalized spacial score (nSPS) is 10.6. The van der Waals surface area contributed by atoms with E-state index in [9.17, 15) is 0 Å². The van der Waals surface area contributed by atoms with E-state index in [1.807, 2.05) is 0 Å². The molecule has 2 heteroatoms. The molecule has 0 saturated heterocycles. The third-order valence-electron chi connectivity index (χ3n) is 5.10. The number of pyridine rings is 1. The summed E-state index contributed by atoms with van der Waals surface area (Å²) in [7, 11) is 0. The second-order valence-corrected chi connectivity index (χ2v) is 7.40. The van der Waals surface area contributed by atoms with Crippen molar-refractivity contribution >= 4 is 0 Å². The molecule has 0 aliphatic carbocycles. The van der Waals surface area contributed by atoms with Crippen LogP contribution in [-0.4, -0.2) is 0 Å². The molecule has 0 N–H and O–H groups in total. The van der Waals surface area contributed by atoms with Gasteiger partial charge < -0.3 is 17.0 Å². The average molecular weight is 412 g/mol. The molecule has 1 rings (SSSR count). The number of aryl methyl sites for hydroxylation is 2. The van der Waals surface area contributed by atoms with Gasteiger partial charge in [0.25, 0.3) is 0 Å². The second-order valence-electron chi connectivity index (χ2n) is 7.40. The highest BCUT2D eigenvalue weighted by atomic mass is 79.9. The van der Waals surface area contributed by atoms with Gasteiger partial charge in [0.05, 0.1) is 0 Å². The van der Waals surface area contributed by atoms with E-state index in [0.717, 1.165) is 6.42 Å². The van der Waals surface area contributed by atoms with Crippen molar-refractivity contribution in [3.8, 4) is 0 Å². The lowest BCUT2D eigenvalue weighted by Crippen LogP contribution is -3.00. The molecule has 146 valence electrons. The van der Waals surface area contributed by atoms with Gasteiger partial charge in [-0.3, -0.25) is 0 Å².